The standard InChI is InChI=1S/C17H13N5/c18-9-13(7-11-1-2-11)15-8-12(3-5-19-15)16-10-21-17-14(22-16)4-6-20-17/h3-8,10-11H,1-2H2,(H,20,21)/b13-7+. The summed E-state index contributed by atoms with van der Waals surface area (Å²) in [5, 5.41) is 9.34. The van der Waals surface area contributed by atoms with Gasteiger partial charge < -0.3 is 4.98 Å². The molecule has 3 aromatic heterocycles. The van der Waals surface area contributed by atoms with Gasteiger partial charge in [0.1, 0.15) is 11.6 Å². The summed E-state index contributed by atoms with van der Waals surface area (Å²) in [7, 11) is 0. The van der Waals surface area contributed by atoms with Crippen molar-refractivity contribution in [1.82, 2.24) is 19.9 Å². The molecule has 0 unspecified atom stereocenters. The van der Waals surface area contributed by atoms with Gasteiger partial charge in [-0.25, -0.2) is 9.97 Å². The molecule has 106 valence electrons. The molecule has 0 amide bonds. The zero-order valence-electron chi connectivity index (χ0n) is 11.8. The zero-order chi connectivity index (χ0) is 14.9. The van der Waals surface area contributed by atoms with Crippen LogP contribution < -0.4 is 0 Å². The van der Waals surface area contributed by atoms with E-state index in [4.69, 9.17) is 0 Å². The summed E-state index contributed by atoms with van der Waals surface area (Å²) in [6.45, 7) is 0. The fraction of sp³-hybridized carbons (Fsp3) is 0.176. The highest BCUT2D eigenvalue weighted by Gasteiger charge is 2.20. The molecule has 0 radical (unpaired) electrons. The summed E-state index contributed by atoms with van der Waals surface area (Å²) in [6.07, 6.45) is 9.62. The van der Waals surface area contributed by atoms with Crippen LogP contribution in [-0.2, 0) is 0 Å². The van der Waals surface area contributed by atoms with Crippen LogP contribution in [0.2, 0.25) is 0 Å². The molecule has 4 rings (SSSR count). The Kier molecular flexibility index (Phi) is 2.94. The van der Waals surface area contributed by atoms with E-state index in [0.29, 0.717) is 17.2 Å². The molecule has 1 N–H and O–H groups in total. The Bertz CT molecular complexity index is 912. The van der Waals surface area contributed by atoms with E-state index in [1.807, 2.05) is 30.5 Å². The van der Waals surface area contributed by atoms with E-state index in [1.165, 1.54) is 12.8 Å². The van der Waals surface area contributed by atoms with Crippen molar-refractivity contribution in [3.63, 3.8) is 0 Å². The molecule has 1 fully saturated rings. The van der Waals surface area contributed by atoms with Crippen LogP contribution in [0.4, 0.5) is 0 Å². The Balaban J connectivity index is 1.76. The number of aromatic amines is 1. The van der Waals surface area contributed by atoms with E-state index < -0.39 is 0 Å². The number of rotatable bonds is 3. The molecule has 1 saturated carbocycles. The number of nitriles is 1. The zero-order valence-corrected chi connectivity index (χ0v) is 11.8. The maximum Gasteiger partial charge on any atom is 0.156 e. The van der Waals surface area contributed by atoms with Crippen molar-refractivity contribution in [3.05, 3.63) is 48.6 Å². The number of nitrogens with one attached hydrogen (secondary N) is 1. The Hall–Kier alpha value is -3.00. The second-order valence-electron chi connectivity index (χ2n) is 5.43. The number of aromatic nitrogens is 4. The van der Waals surface area contributed by atoms with Crippen molar-refractivity contribution in [2.24, 2.45) is 5.92 Å². The smallest absolute Gasteiger partial charge is 0.156 e. The molecule has 22 heavy (non-hydrogen) atoms. The maximum atomic E-state index is 9.34. The Morgan fingerprint density at radius 3 is 3.05 bits per heavy atom. The van der Waals surface area contributed by atoms with Crippen LogP contribution in [-0.4, -0.2) is 19.9 Å². The van der Waals surface area contributed by atoms with Crippen LogP contribution in [0.25, 0.3) is 28.0 Å². The maximum absolute atomic E-state index is 9.34. The average Bonchev–Trinajstić information content (AvgIpc) is 3.26. The van der Waals surface area contributed by atoms with Gasteiger partial charge in [0.05, 0.1) is 23.2 Å². The summed E-state index contributed by atoms with van der Waals surface area (Å²) in [5.41, 5.74) is 4.62. The number of allylic oxidation sites excluding steroid dienone is 2. The van der Waals surface area contributed by atoms with Crippen LogP contribution in [0.1, 0.15) is 18.5 Å². The first kappa shape index (κ1) is 12.7. The first-order chi connectivity index (χ1) is 10.8. The molecule has 5 nitrogen and oxygen atoms in total. The molecule has 3 heterocycles. The van der Waals surface area contributed by atoms with E-state index in [9.17, 15) is 5.26 Å². The number of H-pyrrole nitrogens is 1. The van der Waals surface area contributed by atoms with Gasteiger partial charge in [0.15, 0.2) is 5.65 Å². The van der Waals surface area contributed by atoms with Gasteiger partial charge in [-0.05, 0) is 37.0 Å². The van der Waals surface area contributed by atoms with Crippen molar-refractivity contribution in [2.75, 3.05) is 0 Å². The second-order valence-corrected chi connectivity index (χ2v) is 5.43. The van der Waals surface area contributed by atoms with E-state index in [1.54, 1.807) is 12.4 Å². The summed E-state index contributed by atoms with van der Waals surface area (Å²) in [5.74, 6) is 0.538. The van der Waals surface area contributed by atoms with Gasteiger partial charge in [-0.15, -0.1) is 0 Å². The lowest BCUT2D eigenvalue weighted by molar-refractivity contribution is 1.12. The first-order valence-electron chi connectivity index (χ1n) is 7.22. The third-order valence-electron chi connectivity index (χ3n) is 3.74. The lowest BCUT2D eigenvalue weighted by Gasteiger charge is -2.03. The lowest BCUT2D eigenvalue weighted by Crippen LogP contribution is -1.92. The van der Waals surface area contributed by atoms with Crippen molar-refractivity contribution >= 4 is 16.7 Å². The van der Waals surface area contributed by atoms with Gasteiger partial charge in [0, 0.05) is 18.0 Å². The van der Waals surface area contributed by atoms with Gasteiger partial charge in [-0.1, -0.05) is 6.08 Å². The van der Waals surface area contributed by atoms with Crippen molar-refractivity contribution < 1.29 is 0 Å². The van der Waals surface area contributed by atoms with E-state index in [2.05, 4.69) is 26.0 Å². The number of hydrogen-bond donors (Lipinski definition) is 1. The predicted molar refractivity (Wildman–Crippen MR) is 83.4 cm³/mol. The SMILES string of the molecule is N#C/C(=C\C1CC1)c1cc(-c2cnc3[nH]ccc3n2)ccn1. The minimum absolute atomic E-state index is 0.538. The van der Waals surface area contributed by atoms with Crippen LogP contribution >= 0.6 is 0 Å². The lowest BCUT2D eigenvalue weighted by atomic mass is 10.1. The molecule has 5 heteroatoms. The van der Waals surface area contributed by atoms with E-state index >= 15 is 0 Å². The monoisotopic (exact) mass is 287 g/mol. The molecule has 0 bridgehead atoms. The minimum atomic E-state index is 0.538. The summed E-state index contributed by atoms with van der Waals surface area (Å²) in [6, 6.07) is 7.93. The van der Waals surface area contributed by atoms with Crippen molar-refractivity contribution in [2.45, 2.75) is 12.8 Å². The highest BCUT2D eigenvalue weighted by molar-refractivity contribution is 5.78. The normalized spacial score (nSPS) is 15.0. The van der Waals surface area contributed by atoms with Crippen LogP contribution in [0, 0.1) is 17.2 Å². The molecule has 0 aromatic carbocycles. The topological polar surface area (TPSA) is 78.2 Å². The minimum Gasteiger partial charge on any atom is -0.345 e. The van der Waals surface area contributed by atoms with Crippen molar-refractivity contribution in [3.8, 4) is 17.3 Å². The fourth-order valence-corrected chi connectivity index (χ4v) is 2.39. The second kappa shape index (κ2) is 5.08. The molecule has 3 aromatic rings. The van der Waals surface area contributed by atoms with Gasteiger partial charge in [0.25, 0.3) is 0 Å². The quantitative estimate of drug-likeness (QED) is 0.749. The van der Waals surface area contributed by atoms with Gasteiger partial charge >= 0.3 is 0 Å². The summed E-state index contributed by atoms with van der Waals surface area (Å²) >= 11 is 0. The third-order valence-corrected chi connectivity index (χ3v) is 3.74. The molecule has 0 atom stereocenters. The summed E-state index contributed by atoms with van der Waals surface area (Å²) in [4.78, 5) is 16.3. The number of fused-ring (bicyclic) bond motifs is 1. The summed E-state index contributed by atoms with van der Waals surface area (Å²) < 4.78 is 0. The first-order valence-corrected chi connectivity index (χ1v) is 7.22. The molecule has 0 spiro atoms. The number of pyridine rings is 1. The van der Waals surface area contributed by atoms with Gasteiger partial charge in [-0.3, -0.25) is 4.98 Å². The van der Waals surface area contributed by atoms with E-state index in [0.717, 1.165) is 22.4 Å². The van der Waals surface area contributed by atoms with Gasteiger partial charge in [0.2, 0.25) is 0 Å². The van der Waals surface area contributed by atoms with Crippen LogP contribution in [0.3, 0.4) is 0 Å². The van der Waals surface area contributed by atoms with E-state index in [-0.39, 0.29) is 0 Å². The molecule has 0 aliphatic heterocycles. The molecule has 0 saturated heterocycles. The average molecular weight is 287 g/mol. The molecule has 1 aliphatic rings. The third kappa shape index (κ3) is 2.35. The van der Waals surface area contributed by atoms with Crippen LogP contribution in [0.15, 0.2) is 42.9 Å². The molecular formula is C17H13N5. The fourth-order valence-electron chi connectivity index (χ4n) is 2.39. The molecular weight excluding hydrogens is 274 g/mol. The van der Waals surface area contributed by atoms with Crippen LogP contribution in [0.5, 0.6) is 0 Å². The van der Waals surface area contributed by atoms with Gasteiger partial charge in [-0.2, -0.15) is 5.26 Å². The Labute approximate surface area is 127 Å². The highest BCUT2D eigenvalue weighted by Crippen LogP contribution is 2.33. The predicted octanol–water partition coefficient (Wildman–Crippen LogP) is 3.34. The molecule has 1 aliphatic carbocycles. The Morgan fingerprint density at radius 2 is 2.23 bits per heavy atom. The Morgan fingerprint density at radius 1 is 1.32 bits per heavy atom. The highest BCUT2D eigenvalue weighted by atomic mass is 14.9. The van der Waals surface area contributed by atoms with Crippen molar-refractivity contribution in [1.29, 1.82) is 5.26 Å². The number of hydrogen-bond acceptors (Lipinski definition) is 4. The largest absolute Gasteiger partial charge is 0.345 e. The number of nitrogens with zero attached hydrogens (tertiary/aromatic N) is 4.